The van der Waals surface area contributed by atoms with Crippen LogP contribution in [0, 0.1) is 0 Å². The van der Waals surface area contributed by atoms with Gasteiger partial charge in [-0.25, -0.2) is 9.67 Å². The first-order valence-electron chi connectivity index (χ1n) is 7.98. The summed E-state index contributed by atoms with van der Waals surface area (Å²) in [5.41, 5.74) is 2.86. The number of aryl methyl sites for hydroxylation is 1. The number of pyridine rings is 1. The molecule has 2 N–H and O–H groups in total. The van der Waals surface area contributed by atoms with Gasteiger partial charge in [0, 0.05) is 18.7 Å². The maximum absolute atomic E-state index is 12.6. The number of nitrogens with one attached hydrogen (secondary N) is 1. The number of fused-ring (bicyclic) bond motifs is 1. The van der Waals surface area contributed by atoms with Gasteiger partial charge < -0.3 is 10.4 Å². The van der Waals surface area contributed by atoms with Crippen molar-refractivity contribution in [3.05, 3.63) is 48.2 Å². The molecule has 0 fully saturated rings. The third-order valence-corrected chi connectivity index (χ3v) is 3.78. The summed E-state index contributed by atoms with van der Waals surface area (Å²) in [5, 5.41) is 17.2. The van der Waals surface area contributed by atoms with Gasteiger partial charge in [-0.15, -0.1) is 0 Å². The third-order valence-electron chi connectivity index (χ3n) is 3.78. The summed E-state index contributed by atoms with van der Waals surface area (Å²) < 4.78 is 1.77. The molecule has 0 saturated heterocycles. The smallest absolute Gasteiger partial charge is 0.252 e. The third kappa shape index (κ3) is 3.14. The number of amides is 1. The molecular formula is C18H20N4O2. The highest BCUT2D eigenvalue weighted by atomic mass is 16.3. The molecule has 0 saturated carbocycles. The number of aliphatic hydroxyl groups excluding tert-OH is 1. The van der Waals surface area contributed by atoms with Gasteiger partial charge >= 0.3 is 0 Å². The topological polar surface area (TPSA) is 80.0 Å². The van der Waals surface area contributed by atoms with Crippen molar-refractivity contribution < 1.29 is 9.90 Å². The lowest BCUT2D eigenvalue weighted by Crippen LogP contribution is -2.30. The molecular weight excluding hydrogens is 304 g/mol. The molecule has 124 valence electrons. The van der Waals surface area contributed by atoms with Gasteiger partial charge in [0.1, 0.15) is 0 Å². The summed E-state index contributed by atoms with van der Waals surface area (Å²) in [4.78, 5) is 17.2. The second kappa shape index (κ2) is 6.80. The molecule has 1 amide bonds. The fourth-order valence-electron chi connectivity index (χ4n) is 2.56. The van der Waals surface area contributed by atoms with Crippen LogP contribution in [-0.4, -0.2) is 38.4 Å². The molecule has 1 unspecified atom stereocenters. The van der Waals surface area contributed by atoms with Crippen LogP contribution in [0.5, 0.6) is 0 Å². The fourth-order valence-corrected chi connectivity index (χ4v) is 2.56. The Morgan fingerprint density at radius 1 is 1.33 bits per heavy atom. The van der Waals surface area contributed by atoms with Crippen molar-refractivity contribution in [1.82, 2.24) is 20.1 Å². The van der Waals surface area contributed by atoms with Crippen molar-refractivity contribution in [3.8, 4) is 11.3 Å². The summed E-state index contributed by atoms with van der Waals surface area (Å²) in [6.45, 7) is 4.48. The molecule has 3 rings (SSSR count). The molecule has 0 radical (unpaired) electrons. The Bertz CT molecular complexity index is 856. The highest BCUT2D eigenvalue weighted by Gasteiger charge is 2.17. The number of carbonyl (C=O) groups is 1. The molecule has 0 aliphatic heterocycles. The van der Waals surface area contributed by atoms with Crippen molar-refractivity contribution in [1.29, 1.82) is 0 Å². The monoisotopic (exact) mass is 324 g/mol. The van der Waals surface area contributed by atoms with E-state index in [-0.39, 0.29) is 12.5 Å². The lowest BCUT2D eigenvalue weighted by Gasteiger charge is -2.10. The zero-order valence-corrected chi connectivity index (χ0v) is 13.7. The maximum Gasteiger partial charge on any atom is 0.252 e. The van der Waals surface area contributed by atoms with Crippen molar-refractivity contribution in [2.75, 3.05) is 6.54 Å². The Labute approximate surface area is 140 Å². The van der Waals surface area contributed by atoms with E-state index in [1.165, 1.54) is 0 Å². The number of nitrogens with zero attached hydrogens (tertiary/aromatic N) is 3. The molecule has 0 spiro atoms. The molecule has 1 atom stereocenters. The van der Waals surface area contributed by atoms with Gasteiger partial charge in [0.2, 0.25) is 0 Å². The zero-order chi connectivity index (χ0) is 17.1. The zero-order valence-electron chi connectivity index (χ0n) is 13.7. The Morgan fingerprint density at radius 3 is 2.75 bits per heavy atom. The summed E-state index contributed by atoms with van der Waals surface area (Å²) in [7, 11) is 0. The van der Waals surface area contributed by atoms with E-state index in [4.69, 9.17) is 0 Å². The van der Waals surface area contributed by atoms with Crippen LogP contribution in [0.1, 0.15) is 24.2 Å². The standard InChI is InChI=1S/C18H20N4O2/c1-3-22-17-15(11-20-22)14(18(24)19-10-12(2)23)9-16(21-17)13-7-5-4-6-8-13/h4-9,11-12,23H,3,10H2,1-2H3,(H,19,24). The average Bonchev–Trinajstić information content (AvgIpc) is 3.02. The van der Waals surface area contributed by atoms with Gasteiger partial charge in [-0.05, 0) is 19.9 Å². The molecule has 0 aliphatic rings. The number of aliphatic hydroxyl groups is 1. The van der Waals surface area contributed by atoms with Crippen molar-refractivity contribution in [3.63, 3.8) is 0 Å². The van der Waals surface area contributed by atoms with Crippen LogP contribution in [-0.2, 0) is 6.54 Å². The average molecular weight is 324 g/mol. The molecule has 2 aromatic heterocycles. The summed E-state index contributed by atoms with van der Waals surface area (Å²) in [5.74, 6) is -0.240. The number of aromatic nitrogens is 3. The van der Waals surface area contributed by atoms with Gasteiger partial charge in [0.25, 0.3) is 5.91 Å². The molecule has 24 heavy (non-hydrogen) atoms. The minimum absolute atomic E-state index is 0.200. The molecule has 6 nitrogen and oxygen atoms in total. The van der Waals surface area contributed by atoms with Crippen LogP contribution >= 0.6 is 0 Å². The molecule has 3 aromatic rings. The summed E-state index contributed by atoms with van der Waals surface area (Å²) >= 11 is 0. The molecule has 0 bridgehead atoms. The lowest BCUT2D eigenvalue weighted by molar-refractivity contribution is 0.0925. The Hall–Kier alpha value is -2.73. The van der Waals surface area contributed by atoms with Gasteiger partial charge in [-0.3, -0.25) is 4.79 Å². The van der Waals surface area contributed by atoms with E-state index >= 15 is 0 Å². The minimum atomic E-state index is -0.599. The first-order chi connectivity index (χ1) is 11.6. The van der Waals surface area contributed by atoms with Crippen LogP contribution in [0.25, 0.3) is 22.3 Å². The van der Waals surface area contributed by atoms with E-state index in [0.29, 0.717) is 23.1 Å². The summed E-state index contributed by atoms with van der Waals surface area (Å²) in [6.07, 6.45) is 1.07. The number of hydrogen-bond acceptors (Lipinski definition) is 4. The molecule has 6 heteroatoms. The second-order valence-electron chi connectivity index (χ2n) is 5.68. The first-order valence-corrected chi connectivity index (χ1v) is 7.98. The van der Waals surface area contributed by atoms with E-state index in [1.807, 2.05) is 37.3 Å². The van der Waals surface area contributed by atoms with Gasteiger partial charge in [0.15, 0.2) is 5.65 Å². The normalized spacial score (nSPS) is 12.3. The van der Waals surface area contributed by atoms with Gasteiger partial charge in [-0.2, -0.15) is 5.10 Å². The minimum Gasteiger partial charge on any atom is -0.392 e. The van der Waals surface area contributed by atoms with Crippen molar-refractivity contribution in [2.45, 2.75) is 26.5 Å². The Balaban J connectivity index is 2.12. The van der Waals surface area contributed by atoms with E-state index in [2.05, 4.69) is 15.4 Å². The van der Waals surface area contributed by atoms with Crippen LogP contribution in [0.15, 0.2) is 42.6 Å². The van der Waals surface area contributed by atoms with Crippen LogP contribution < -0.4 is 5.32 Å². The predicted molar refractivity (Wildman–Crippen MR) is 92.7 cm³/mol. The van der Waals surface area contributed by atoms with E-state index < -0.39 is 6.10 Å². The van der Waals surface area contributed by atoms with Crippen LogP contribution in [0.4, 0.5) is 0 Å². The second-order valence-corrected chi connectivity index (χ2v) is 5.68. The van der Waals surface area contributed by atoms with E-state index in [9.17, 15) is 9.90 Å². The van der Waals surface area contributed by atoms with Crippen LogP contribution in [0.3, 0.4) is 0 Å². The highest BCUT2D eigenvalue weighted by Crippen LogP contribution is 2.24. The van der Waals surface area contributed by atoms with Crippen LogP contribution in [0.2, 0.25) is 0 Å². The Kier molecular flexibility index (Phi) is 4.57. The van der Waals surface area contributed by atoms with Gasteiger partial charge in [-0.1, -0.05) is 30.3 Å². The number of hydrogen-bond donors (Lipinski definition) is 2. The maximum atomic E-state index is 12.6. The fraction of sp³-hybridized carbons (Fsp3) is 0.278. The molecule has 0 aliphatic carbocycles. The van der Waals surface area contributed by atoms with Crippen molar-refractivity contribution in [2.24, 2.45) is 0 Å². The van der Waals surface area contributed by atoms with Gasteiger partial charge in [0.05, 0.1) is 28.9 Å². The number of benzene rings is 1. The number of rotatable bonds is 5. The SMILES string of the molecule is CCn1ncc2c(C(=O)NCC(C)O)cc(-c3ccccc3)nc21. The quantitative estimate of drug-likeness (QED) is 0.754. The highest BCUT2D eigenvalue weighted by molar-refractivity contribution is 6.06. The first kappa shape index (κ1) is 16.1. The predicted octanol–water partition coefficient (Wildman–Crippen LogP) is 2.23. The lowest BCUT2D eigenvalue weighted by atomic mass is 10.1. The molecule has 2 heterocycles. The molecule has 1 aromatic carbocycles. The van der Waals surface area contributed by atoms with Crippen molar-refractivity contribution >= 4 is 16.9 Å². The van der Waals surface area contributed by atoms with E-state index in [0.717, 1.165) is 11.3 Å². The Morgan fingerprint density at radius 2 is 2.08 bits per heavy atom. The number of carbonyl (C=O) groups excluding carboxylic acids is 1. The summed E-state index contributed by atoms with van der Waals surface area (Å²) in [6, 6.07) is 11.5. The van der Waals surface area contributed by atoms with E-state index in [1.54, 1.807) is 23.9 Å². The largest absolute Gasteiger partial charge is 0.392 e.